The van der Waals surface area contributed by atoms with E-state index in [9.17, 15) is 14.9 Å². The molecular weight excluding hydrogens is 282 g/mol. The molecule has 1 heterocycles. The number of Topliss-reactive ketones (excluding diaryl/α,β-unsaturated/α-hetero) is 1. The maximum Gasteiger partial charge on any atom is 0.338 e. The number of nitriles is 1. The molecule has 5 nitrogen and oxygen atoms in total. The third kappa shape index (κ3) is 2.96. The van der Waals surface area contributed by atoms with Crippen LogP contribution in [0, 0.1) is 18.3 Å². The van der Waals surface area contributed by atoms with Crippen molar-refractivity contribution in [2.24, 2.45) is 0 Å². The summed E-state index contributed by atoms with van der Waals surface area (Å²) < 4.78 is 9.77. The predicted octanol–water partition coefficient (Wildman–Crippen LogP) is 3.16. The molecule has 0 amide bonds. The molecule has 110 valence electrons. The van der Waals surface area contributed by atoms with Gasteiger partial charge in [-0.25, -0.2) is 4.79 Å². The summed E-state index contributed by atoms with van der Waals surface area (Å²) in [6.07, 6.45) is 2.76. The number of rotatable bonds is 4. The smallest absolute Gasteiger partial charge is 0.338 e. The lowest BCUT2D eigenvalue weighted by molar-refractivity contribution is 0.0600. The number of aryl methyl sites for hydroxylation is 1. The van der Waals surface area contributed by atoms with Crippen LogP contribution in [0.4, 0.5) is 0 Å². The van der Waals surface area contributed by atoms with Gasteiger partial charge in [0.2, 0.25) is 5.78 Å². The molecule has 0 aliphatic heterocycles. The van der Waals surface area contributed by atoms with Crippen molar-refractivity contribution in [2.45, 2.75) is 6.92 Å². The fraction of sp³-hybridized carbons (Fsp3) is 0.118. The summed E-state index contributed by atoms with van der Waals surface area (Å²) in [6, 6.07) is 9.97. The first kappa shape index (κ1) is 15.3. The molecule has 1 aromatic heterocycles. The topological polar surface area (TPSA) is 80.3 Å². The number of esters is 1. The van der Waals surface area contributed by atoms with Crippen LogP contribution in [-0.2, 0) is 4.74 Å². The predicted molar refractivity (Wildman–Crippen MR) is 79.1 cm³/mol. The molecule has 1 aromatic carbocycles. The van der Waals surface area contributed by atoms with Crippen LogP contribution in [0.2, 0.25) is 0 Å². The average molecular weight is 295 g/mol. The van der Waals surface area contributed by atoms with Crippen molar-refractivity contribution in [3.63, 3.8) is 0 Å². The number of carbonyl (C=O) groups is 2. The van der Waals surface area contributed by atoms with Gasteiger partial charge in [0.05, 0.1) is 24.5 Å². The van der Waals surface area contributed by atoms with Crippen molar-refractivity contribution in [2.75, 3.05) is 7.11 Å². The van der Waals surface area contributed by atoms with Crippen molar-refractivity contribution in [1.29, 1.82) is 5.26 Å². The zero-order valence-corrected chi connectivity index (χ0v) is 12.1. The van der Waals surface area contributed by atoms with E-state index in [0.29, 0.717) is 16.9 Å². The average Bonchev–Trinajstić information content (AvgIpc) is 2.97. The minimum Gasteiger partial charge on any atom is -0.469 e. The van der Waals surface area contributed by atoms with Crippen LogP contribution in [0.5, 0.6) is 0 Å². The molecule has 0 saturated heterocycles. The lowest BCUT2D eigenvalue weighted by Crippen LogP contribution is -2.05. The quantitative estimate of drug-likeness (QED) is 0.374. The first-order valence-corrected chi connectivity index (χ1v) is 6.46. The number of carbonyl (C=O) groups excluding carboxylic acids is 2. The highest BCUT2D eigenvalue weighted by Crippen LogP contribution is 2.19. The monoisotopic (exact) mass is 295 g/mol. The molecule has 0 N–H and O–H groups in total. The van der Waals surface area contributed by atoms with Gasteiger partial charge < -0.3 is 9.15 Å². The van der Waals surface area contributed by atoms with E-state index in [2.05, 4.69) is 0 Å². The molecule has 22 heavy (non-hydrogen) atoms. The van der Waals surface area contributed by atoms with E-state index >= 15 is 0 Å². The summed E-state index contributed by atoms with van der Waals surface area (Å²) in [7, 11) is 1.27. The minimum absolute atomic E-state index is 0.0825. The van der Waals surface area contributed by atoms with Gasteiger partial charge in [-0.05, 0) is 30.7 Å². The first-order chi connectivity index (χ1) is 10.6. The van der Waals surface area contributed by atoms with Gasteiger partial charge in [-0.2, -0.15) is 5.26 Å². The minimum atomic E-state index is -0.531. The normalized spacial score (nSPS) is 10.9. The number of ketones is 1. The second kappa shape index (κ2) is 6.55. The maximum atomic E-state index is 12.3. The van der Waals surface area contributed by atoms with Crippen LogP contribution in [-0.4, -0.2) is 18.9 Å². The Morgan fingerprint density at radius 2 is 1.95 bits per heavy atom. The van der Waals surface area contributed by atoms with Gasteiger partial charge in [0.25, 0.3) is 0 Å². The number of hydrogen-bond donors (Lipinski definition) is 0. The van der Waals surface area contributed by atoms with Crippen LogP contribution >= 0.6 is 0 Å². The lowest BCUT2D eigenvalue weighted by Gasteiger charge is -2.04. The zero-order valence-electron chi connectivity index (χ0n) is 12.1. The molecule has 0 aliphatic carbocycles. The fourth-order valence-corrected chi connectivity index (χ4v) is 1.99. The van der Waals surface area contributed by atoms with Crippen molar-refractivity contribution < 1.29 is 18.7 Å². The van der Waals surface area contributed by atoms with Crippen LogP contribution < -0.4 is 0 Å². The third-order valence-electron chi connectivity index (χ3n) is 3.13. The Hall–Kier alpha value is -3.13. The molecule has 0 spiro atoms. The number of allylic oxidation sites excluding steroid dienone is 1. The largest absolute Gasteiger partial charge is 0.469 e. The third-order valence-corrected chi connectivity index (χ3v) is 3.13. The summed E-state index contributed by atoms with van der Waals surface area (Å²) in [5, 5.41) is 9.25. The standard InChI is InChI=1S/C17H13NO4/c1-11-14(7-8-22-11)16(19)13(10-18)9-12-5-3-4-6-15(12)17(20)21-2/h3-9H,1-2H3/b13-9+. The van der Waals surface area contributed by atoms with Gasteiger partial charge in [-0.1, -0.05) is 18.2 Å². The van der Waals surface area contributed by atoms with E-state index in [1.807, 2.05) is 6.07 Å². The molecule has 0 aliphatic rings. The molecule has 2 aromatic rings. The van der Waals surface area contributed by atoms with Gasteiger partial charge in [0, 0.05) is 0 Å². The molecule has 2 rings (SSSR count). The van der Waals surface area contributed by atoms with Crippen LogP contribution in [0.25, 0.3) is 6.08 Å². The number of furan rings is 1. The molecule has 0 bridgehead atoms. The zero-order chi connectivity index (χ0) is 16.1. The number of ether oxygens (including phenoxy) is 1. The van der Waals surface area contributed by atoms with E-state index in [-0.39, 0.29) is 11.1 Å². The highest BCUT2D eigenvalue weighted by atomic mass is 16.5. The molecule has 0 saturated carbocycles. The summed E-state index contributed by atoms with van der Waals surface area (Å²) >= 11 is 0. The molecule has 0 fully saturated rings. The number of methoxy groups -OCH3 is 1. The van der Waals surface area contributed by atoms with Crippen molar-refractivity contribution in [1.82, 2.24) is 0 Å². The molecule has 0 unspecified atom stereocenters. The Morgan fingerprint density at radius 1 is 1.23 bits per heavy atom. The van der Waals surface area contributed by atoms with Crippen molar-refractivity contribution in [3.05, 3.63) is 64.6 Å². The highest BCUT2D eigenvalue weighted by molar-refractivity contribution is 6.15. The number of benzene rings is 1. The van der Waals surface area contributed by atoms with Crippen molar-refractivity contribution >= 4 is 17.8 Å². The maximum absolute atomic E-state index is 12.3. The summed E-state index contributed by atoms with van der Waals surface area (Å²) in [5.41, 5.74) is 0.971. The van der Waals surface area contributed by atoms with Gasteiger partial charge >= 0.3 is 5.97 Å². The first-order valence-electron chi connectivity index (χ1n) is 6.46. The van der Waals surface area contributed by atoms with Gasteiger partial charge in [0.15, 0.2) is 0 Å². The van der Waals surface area contributed by atoms with E-state index in [1.54, 1.807) is 31.2 Å². The molecule has 0 atom stereocenters. The van der Waals surface area contributed by atoms with E-state index < -0.39 is 11.8 Å². The van der Waals surface area contributed by atoms with E-state index in [4.69, 9.17) is 9.15 Å². The number of nitrogens with zero attached hydrogens (tertiary/aromatic N) is 1. The van der Waals surface area contributed by atoms with Gasteiger partial charge in [-0.15, -0.1) is 0 Å². The van der Waals surface area contributed by atoms with Crippen molar-refractivity contribution in [3.8, 4) is 6.07 Å². The van der Waals surface area contributed by atoms with Crippen LogP contribution in [0.3, 0.4) is 0 Å². The van der Waals surface area contributed by atoms with Gasteiger partial charge in [0.1, 0.15) is 17.4 Å². The Bertz CT molecular complexity index is 793. The molecular formula is C17H13NO4. The molecule has 5 heteroatoms. The van der Waals surface area contributed by atoms with E-state index in [1.165, 1.54) is 25.5 Å². The summed E-state index contributed by atoms with van der Waals surface area (Å²) in [6.45, 7) is 1.64. The number of hydrogen-bond acceptors (Lipinski definition) is 5. The van der Waals surface area contributed by atoms with Gasteiger partial charge in [-0.3, -0.25) is 4.79 Å². The fourth-order valence-electron chi connectivity index (χ4n) is 1.99. The summed E-state index contributed by atoms with van der Waals surface area (Å²) in [5.74, 6) is -0.545. The Kier molecular flexibility index (Phi) is 4.54. The lowest BCUT2D eigenvalue weighted by atomic mass is 10.00. The highest BCUT2D eigenvalue weighted by Gasteiger charge is 2.18. The second-order valence-corrected chi connectivity index (χ2v) is 4.47. The van der Waals surface area contributed by atoms with Crippen LogP contribution in [0.1, 0.15) is 32.0 Å². The Balaban J connectivity index is 2.47. The van der Waals surface area contributed by atoms with Crippen LogP contribution in [0.15, 0.2) is 46.6 Å². The molecule has 0 radical (unpaired) electrons. The SMILES string of the molecule is COC(=O)c1ccccc1/C=C(\C#N)C(=O)c1ccoc1C. The second-order valence-electron chi connectivity index (χ2n) is 4.47. The Morgan fingerprint density at radius 3 is 2.55 bits per heavy atom. The van der Waals surface area contributed by atoms with E-state index in [0.717, 1.165) is 0 Å². The summed E-state index contributed by atoms with van der Waals surface area (Å²) in [4.78, 5) is 24.1. The Labute approximate surface area is 127 Å².